The van der Waals surface area contributed by atoms with Crippen molar-refractivity contribution in [1.82, 2.24) is 24.3 Å². The van der Waals surface area contributed by atoms with Gasteiger partial charge >= 0.3 is 6.09 Å². The highest BCUT2D eigenvalue weighted by Crippen LogP contribution is 2.48. The van der Waals surface area contributed by atoms with E-state index in [-0.39, 0.29) is 29.9 Å². The van der Waals surface area contributed by atoms with E-state index in [1.165, 1.54) is 24.7 Å². The number of hydrogen-bond donors (Lipinski definition) is 2. The molecule has 0 spiro atoms. The highest BCUT2D eigenvalue weighted by Gasteiger charge is 2.44. The number of likely N-dealkylation sites (N-methyl/N-ethyl adjacent to an activating group) is 1. The molecule has 3 aromatic heterocycles. The number of amides is 2. The smallest absolute Gasteiger partial charge is 0.410 e. The maximum atomic E-state index is 12.9. The van der Waals surface area contributed by atoms with Crippen LogP contribution in [0.25, 0.3) is 5.65 Å². The molecular formula is C35H41ClN8O3. The number of imidazole rings is 1. The van der Waals surface area contributed by atoms with Crippen molar-refractivity contribution in [3.8, 4) is 0 Å². The Morgan fingerprint density at radius 3 is 2.64 bits per heavy atom. The summed E-state index contributed by atoms with van der Waals surface area (Å²) in [4.78, 5) is 43.4. The summed E-state index contributed by atoms with van der Waals surface area (Å²) in [5.74, 6) is 1.65. The fourth-order valence-electron chi connectivity index (χ4n) is 6.38. The fourth-order valence-corrected chi connectivity index (χ4v) is 6.58. The van der Waals surface area contributed by atoms with Gasteiger partial charge in [0, 0.05) is 49.5 Å². The Bertz CT molecular complexity index is 1820. The van der Waals surface area contributed by atoms with Crippen molar-refractivity contribution in [2.75, 3.05) is 35.7 Å². The largest absolute Gasteiger partial charge is 0.444 e. The number of hydrogen-bond acceptors (Lipinski definition) is 8. The van der Waals surface area contributed by atoms with Gasteiger partial charge in [0.2, 0.25) is 5.91 Å². The molecule has 4 aromatic rings. The molecule has 3 fully saturated rings. The SMILES string of the molecule is CN(C(=O)OC(C)(C)C)C1CCN(c2cc(C3CC3)cn3cc(CNc4cc(NC(=O)[C@H]5C[C@@H]5c5cccc(Cl)c5)ncn4)nc23)C1. The van der Waals surface area contributed by atoms with Gasteiger partial charge in [-0.3, -0.25) is 4.79 Å². The molecule has 4 heterocycles. The monoisotopic (exact) mass is 656 g/mol. The number of carbonyl (C=O) groups is 2. The van der Waals surface area contributed by atoms with Crippen LogP contribution in [0, 0.1) is 5.92 Å². The molecular weight excluding hydrogens is 616 g/mol. The Morgan fingerprint density at radius 2 is 1.87 bits per heavy atom. The van der Waals surface area contributed by atoms with Gasteiger partial charge in [-0.1, -0.05) is 23.7 Å². The summed E-state index contributed by atoms with van der Waals surface area (Å²) in [6, 6.07) is 11.8. The average molecular weight is 657 g/mol. The van der Waals surface area contributed by atoms with Crippen LogP contribution in [0.3, 0.4) is 0 Å². The second kappa shape index (κ2) is 12.3. The number of halogens is 1. The lowest BCUT2D eigenvalue weighted by atomic mass is 10.1. The predicted molar refractivity (Wildman–Crippen MR) is 182 cm³/mol. The van der Waals surface area contributed by atoms with Crippen LogP contribution in [0.15, 0.2) is 55.1 Å². The van der Waals surface area contributed by atoms with Gasteiger partial charge in [-0.05, 0) is 87.6 Å². The topological polar surface area (TPSA) is 117 Å². The molecule has 1 unspecified atom stereocenters. The summed E-state index contributed by atoms with van der Waals surface area (Å²) in [5, 5.41) is 6.98. The molecule has 3 aliphatic rings. The summed E-state index contributed by atoms with van der Waals surface area (Å²) in [6.45, 7) is 7.67. The second-order valence-corrected chi connectivity index (χ2v) is 14.4. The molecule has 0 radical (unpaired) electrons. The molecule has 3 atom stereocenters. The van der Waals surface area contributed by atoms with E-state index in [1.54, 1.807) is 11.0 Å². The lowest BCUT2D eigenvalue weighted by molar-refractivity contribution is -0.117. The van der Waals surface area contributed by atoms with Crippen LogP contribution in [-0.4, -0.2) is 68.0 Å². The minimum atomic E-state index is -0.533. The van der Waals surface area contributed by atoms with Gasteiger partial charge in [-0.2, -0.15) is 0 Å². The van der Waals surface area contributed by atoms with Crippen LogP contribution in [-0.2, 0) is 16.1 Å². The first-order valence-electron chi connectivity index (χ1n) is 16.4. The van der Waals surface area contributed by atoms with Crippen molar-refractivity contribution in [2.45, 2.75) is 76.5 Å². The van der Waals surface area contributed by atoms with E-state index in [1.807, 2.05) is 52.1 Å². The molecule has 0 bridgehead atoms. The van der Waals surface area contributed by atoms with Crippen LogP contribution in [0.5, 0.6) is 0 Å². The van der Waals surface area contributed by atoms with Gasteiger partial charge in [0.1, 0.15) is 23.6 Å². The van der Waals surface area contributed by atoms with Crippen molar-refractivity contribution in [3.63, 3.8) is 0 Å². The Hall–Kier alpha value is -4.38. The van der Waals surface area contributed by atoms with E-state index in [9.17, 15) is 9.59 Å². The van der Waals surface area contributed by atoms with Gasteiger partial charge in [0.05, 0.1) is 24.0 Å². The van der Waals surface area contributed by atoms with Gasteiger partial charge in [0.15, 0.2) is 5.65 Å². The van der Waals surface area contributed by atoms with E-state index < -0.39 is 5.60 Å². The summed E-state index contributed by atoms with van der Waals surface area (Å²) in [7, 11) is 1.82. The molecule has 2 saturated carbocycles. The number of nitrogens with one attached hydrogen (secondary N) is 2. The molecule has 1 aliphatic heterocycles. The summed E-state index contributed by atoms with van der Waals surface area (Å²) in [5.41, 5.74) is 4.71. The quantitative estimate of drug-likeness (QED) is 0.211. The lowest BCUT2D eigenvalue weighted by Gasteiger charge is -2.29. The first-order chi connectivity index (χ1) is 22.5. The van der Waals surface area contributed by atoms with Crippen molar-refractivity contribution < 1.29 is 14.3 Å². The first kappa shape index (κ1) is 31.2. The van der Waals surface area contributed by atoms with Gasteiger partial charge in [-0.15, -0.1) is 0 Å². The molecule has 2 aliphatic carbocycles. The highest BCUT2D eigenvalue weighted by molar-refractivity contribution is 6.30. The average Bonchev–Trinajstić information content (AvgIpc) is 3.94. The number of fused-ring (bicyclic) bond motifs is 1. The standard InChI is InChI=1S/C35H41ClN8O3/c1-35(2,3)47-34(46)42(4)26-10-11-43(19-26)29-13-23(21-8-9-21)17-44-18-25(40-32(29)44)16-37-30-15-31(39-20-38-30)41-33(45)28-14-27(28)22-6-5-7-24(36)12-22/h5-7,12-13,15,17-18,20-21,26-28H,8-11,14,16,19H2,1-4H3,(H2,37,38,39,41,45)/t26?,27-,28+/m1/s1. The number of rotatable bonds is 9. The fraction of sp³-hybridized carbons (Fsp3) is 0.457. The third-order valence-corrected chi connectivity index (χ3v) is 9.39. The molecule has 47 heavy (non-hydrogen) atoms. The van der Waals surface area contributed by atoms with Crippen LogP contribution < -0.4 is 15.5 Å². The minimum absolute atomic E-state index is 0.0552. The molecule has 7 rings (SSSR count). The van der Waals surface area contributed by atoms with Crippen molar-refractivity contribution in [2.24, 2.45) is 5.92 Å². The third-order valence-electron chi connectivity index (χ3n) is 9.16. The van der Waals surface area contributed by atoms with Crippen LogP contribution in [0.2, 0.25) is 5.02 Å². The molecule has 12 heteroatoms. The Balaban J connectivity index is 1.02. The molecule has 2 amide bonds. The maximum absolute atomic E-state index is 12.9. The van der Waals surface area contributed by atoms with Crippen LogP contribution in [0.4, 0.5) is 22.1 Å². The number of carbonyl (C=O) groups excluding carboxylic acids is 2. The normalized spacial score (nSPS) is 20.7. The van der Waals surface area contributed by atoms with E-state index in [0.717, 1.165) is 48.5 Å². The highest BCUT2D eigenvalue weighted by atomic mass is 35.5. The van der Waals surface area contributed by atoms with Gasteiger partial charge in [-0.25, -0.2) is 19.7 Å². The predicted octanol–water partition coefficient (Wildman–Crippen LogP) is 6.46. The van der Waals surface area contributed by atoms with E-state index >= 15 is 0 Å². The number of nitrogens with zero attached hydrogens (tertiary/aromatic N) is 6. The Kier molecular flexibility index (Phi) is 8.20. The molecule has 246 valence electrons. The minimum Gasteiger partial charge on any atom is -0.444 e. The summed E-state index contributed by atoms with van der Waals surface area (Å²) < 4.78 is 7.75. The summed E-state index contributed by atoms with van der Waals surface area (Å²) in [6.07, 6.45) is 9.46. The second-order valence-electron chi connectivity index (χ2n) is 14.0. The number of benzene rings is 1. The van der Waals surface area contributed by atoms with Gasteiger partial charge < -0.3 is 29.6 Å². The molecule has 2 N–H and O–H groups in total. The lowest BCUT2D eigenvalue weighted by Crippen LogP contribution is -2.42. The molecule has 11 nitrogen and oxygen atoms in total. The number of anilines is 3. The molecule has 1 saturated heterocycles. The van der Waals surface area contributed by atoms with Crippen molar-refractivity contribution >= 4 is 46.6 Å². The van der Waals surface area contributed by atoms with Crippen molar-refractivity contribution in [3.05, 3.63) is 77.0 Å². The number of pyridine rings is 1. The van der Waals surface area contributed by atoms with E-state index in [2.05, 4.69) is 48.4 Å². The Morgan fingerprint density at radius 1 is 1.06 bits per heavy atom. The maximum Gasteiger partial charge on any atom is 0.410 e. The van der Waals surface area contributed by atoms with Gasteiger partial charge in [0.25, 0.3) is 0 Å². The first-order valence-corrected chi connectivity index (χ1v) is 16.7. The van der Waals surface area contributed by atoms with Crippen molar-refractivity contribution in [1.29, 1.82) is 0 Å². The Labute approximate surface area is 279 Å². The zero-order valence-corrected chi connectivity index (χ0v) is 28.0. The number of aromatic nitrogens is 4. The van der Waals surface area contributed by atoms with Crippen LogP contribution in [0.1, 0.15) is 75.1 Å². The zero-order chi connectivity index (χ0) is 32.9. The van der Waals surface area contributed by atoms with E-state index in [4.69, 9.17) is 21.3 Å². The van der Waals surface area contributed by atoms with E-state index in [0.29, 0.717) is 29.1 Å². The zero-order valence-electron chi connectivity index (χ0n) is 27.2. The number of ether oxygens (including phenoxy) is 1. The summed E-state index contributed by atoms with van der Waals surface area (Å²) >= 11 is 6.14. The molecule has 1 aromatic carbocycles. The third kappa shape index (κ3) is 7.15. The van der Waals surface area contributed by atoms with Crippen LogP contribution >= 0.6 is 11.6 Å².